The summed E-state index contributed by atoms with van der Waals surface area (Å²) in [5, 5.41) is 0. The molecule has 0 N–H and O–H groups in total. The molecular weight excluding hydrogens is 367 g/mol. The topological polar surface area (TPSA) is 38.2 Å². The summed E-state index contributed by atoms with van der Waals surface area (Å²) in [6.07, 6.45) is 1.27. The van der Waals surface area contributed by atoms with Gasteiger partial charge in [0.25, 0.3) is 0 Å². The third-order valence-electron chi connectivity index (χ3n) is 5.14. The summed E-state index contributed by atoms with van der Waals surface area (Å²) in [5.41, 5.74) is 0.869. The van der Waals surface area contributed by atoms with Gasteiger partial charge in [0.1, 0.15) is 11.7 Å². The van der Waals surface area contributed by atoms with E-state index >= 15 is 0 Å². The van der Waals surface area contributed by atoms with E-state index in [0.717, 1.165) is 43.9 Å². The van der Waals surface area contributed by atoms with E-state index in [1.54, 1.807) is 19.2 Å². The lowest BCUT2D eigenvalue weighted by Crippen LogP contribution is -2.23. The van der Waals surface area contributed by atoms with Gasteiger partial charge in [-0.3, -0.25) is 0 Å². The second kappa shape index (κ2) is 8.37. The molecule has 0 amide bonds. The molecule has 0 atom stereocenters. The van der Waals surface area contributed by atoms with Gasteiger partial charge in [0, 0.05) is 18.9 Å². The van der Waals surface area contributed by atoms with Crippen molar-refractivity contribution < 1.29 is 17.9 Å². The predicted molar refractivity (Wildman–Crippen MR) is 103 cm³/mol. The molecule has 152 valence electrons. The normalized spacial score (nSPS) is 15.7. The lowest BCUT2D eigenvalue weighted by Gasteiger charge is -2.25. The van der Waals surface area contributed by atoms with Crippen molar-refractivity contribution in [2.45, 2.75) is 64.1 Å². The van der Waals surface area contributed by atoms with Crippen LogP contribution in [0.2, 0.25) is 0 Å². The molecule has 0 aliphatic heterocycles. The molecule has 3 rings (SSSR count). The fourth-order valence-electron chi connectivity index (χ4n) is 3.41. The molecule has 0 spiro atoms. The van der Waals surface area contributed by atoms with Crippen molar-refractivity contribution in [1.82, 2.24) is 9.97 Å². The number of ether oxygens (including phenoxy) is 1. The Bertz CT molecular complexity index is 784. The molecule has 1 aromatic carbocycles. The Balaban J connectivity index is 1.92. The van der Waals surface area contributed by atoms with Gasteiger partial charge in [0.15, 0.2) is 5.82 Å². The van der Waals surface area contributed by atoms with Gasteiger partial charge in [-0.25, -0.2) is 4.98 Å². The zero-order valence-electron chi connectivity index (χ0n) is 16.5. The van der Waals surface area contributed by atoms with E-state index in [1.807, 2.05) is 12.1 Å². The van der Waals surface area contributed by atoms with Crippen LogP contribution in [0.15, 0.2) is 30.5 Å². The molecule has 0 radical (unpaired) electrons. The smallest absolute Gasteiger partial charge is 0.421 e. The van der Waals surface area contributed by atoms with E-state index in [2.05, 4.69) is 23.8 Å². The third kappa shape index (κ3) is 4.75. The Kier molecular flexibility index (Phi) is 6.10. The highest BCUT2D eigenvalue weighted by Gasteiger charge is 2.37. The van der Waals surface area contributed by atoms with Gasteiger partial charge in [-0.1, -0.05) is 32.4 Å². The van der Waals surface area contributed by atoms with Crippen molar-refractivity contribution in [2.24, 2.45) is 0 Å². The van der Waals surface area contributed by atoms with E-state index in [-0.39, 0.29) is 17.9 Å². The second-order valence-electron chi connectivity index (χ2n) is 7.57. The molecule has 1 aromatic heterocycles. The highest BCUT2D eigenvalue weighted by Crippen LogP contribution is 2.38. The molecule has 2 aromatic rings. The number of aromatic nitrogens is 2. The first-order valence-electron chi connectivity index (χ1n) is 9.70. The summed E-state index contributed by atoms with van der Waals surface area (Å²) >= 11 is 0. The summed E-state index contributed by atoms with van der Waals surface area (Å²) in [5.74, 6) is 0.144. The molecule has 1 aliphatic rings. The lowest BCUT2D eigenvalue weighted by molar-refractivity contribution is -0.137. The minimum absolute atomic E-state index is 0.000510. The van der Waals surface area contributed by atoms with Gasteiger partial charge < -0.3 is 9.64 Å². The van der Waals surface area contributed by atoms with Crippen molar-refractivity contribution in [3.05, 3.63) is 41.6 Å². The molecule has 0 unspecified atom stereocenters. The van der Waals surface area contributed by atoms with Crippen LogP contribution in [-0.2, 0) is 6.18 Å². The molecule has 1 heterocycles. The van der Waals surface area contributed by atoms with Crippen LogP contribution >= 0.6 is 0 Å². The molecule has 0 bridgehead atoms. The summed E-state index contributed by atoms with van der Waals surface area (Å²) in [6.45, 7) is 4.14. The van der Waals surface area contributed by atoms with Crippen LogP contribution in [0, 0.1) is 0 Å². The number of alkyl halides is 3. The standard InChI is InChI=1S/C21H26F3N3O/c1-14(2)15-9-11-16(12-10-15)27(3)19-18(21(22,23)24)13-25-20(26-19)28-17-7-5-4-6-8-17/h9-14,17H,4-8H2,1-3H3. The monoisotopic (exact) mass is 393 g/mol. The molecule has 4 nitrogen and oxygen atoms in total. The van der Waals surface area contributed by atoms with Gasteiger partial charge in [0.05, 0.1) is 0 Å². The van der Waals surface area contributed by atoms with Crippen LogP contribution in [0.5, 0.6) is 6.01 Å². The van der Waals surface area contributed by atoms with Gasteiger partial charge >= 0.3 is 12.2 Å². The number of rotatable bonds is 5. The summed E-state index contributed by atoms with van der Waals surface area (Å²) in [4.78, 5) is 9.41. The number of hydrogen-bond donors (Lipinski definition) is 0. The zero-order chi connectivity index (χ0) is 20.3. The van der Waals surface area contributed by atoms with Crippen molar-refractivity contribution in [2.75, 3.05) is 11.9 Å². The Labute approximate surface area is 163 Å². The molecule has 1 saturated carbocycles. The van der Waals surface area contributed by atoms with Crippen molar-refractivity contribution in [3.8, 4) is 6.01 Å². The number of hydrogen-bond acceptors (Lipinski definition) is 4. The van der Waals surface area contributed by atoms with Crippen LogP contribution in [0.1, 0.15) is 63.0 Å². The van der Waals surface area contributed by atoms with E-state index in [9.17, 15) is 13.2 Å². The maximum absolute atomic E-state index is 13.5. The highest BCUT2D eigenvalue weighted by atomic mass is 19.4. The number of benzene rings is 1. The van der Waals surface area contributed by atoms with Crippen LogP contribution in [0.25, 0.3) is 0 Å². The zero-order valence-corrected chi connectivity index (χ0v) is 16.5. The first kappa shape index (κ1) is 20.4. The van der Waals surface area contributed by atoms with Crippen LogP contribution < -0.4 is 9.64 Å². The largest absolute Gasteiger partial charge is 0.460 e. The molecule has 28 heavy (non-hydrogen) atoms. The summed E-state index contributed by atoms with van der Waals surface area (Å²) in [7, 11) is 1.58. The third-order valence-corrected chi connectivity index (χ3v) is 5.14. The lowest BCUT2D eigenvalue weighted by atomic mass is 9.98. The Morgan fingerprint density at radius 2 is 1.71 bits per heavy atom. The average molecular weight is 393 g/mol. The minimum Gasteiger partial charge on any atom is -0.460 e. The Morgan fingerprint density at radius 3 is 2.29 bits per heavy atom. The Hall–Kier alpha value is -2.31. The van der Waals surface area contributed by atoms with E-state index in [4.69, 9.17) is 4.74 Å². The van der Waals surface area contributed by atoms with Crippen LogP contribution in [0.3, 0.4) is 0 Å². The van der Waals surface area contributed by atoms with E-state index < -0.39 is 11.7 Å². The average Bonchev–Trinajstić information content (AvgIpc) is 2.67. The second-order valence-corrected chi connectivity index (χ2v) is 7.57. The molecule has 7 heteroatoms. The maximum atomic E-state index is 13.5. The van der Waals surface area contributed by atoms with Gasteiger partial charge in [-0.15, -0.1) is 0 Å². The number of halogens is 3. The molecule has 0 saturated heterocycles. The summed E-state index contributed by atoms with van der Waals surface area (Å²) < 4.78 is 46.4. The fourth-order valence-corrected chi connectivity index (χ4v) is 3.41. The van der Waals surface area contributed by atoms with Crippen molar-refractivity contribution in [3.63, 3.8) is 0 Å². The SMILES string of the molecule is CC(C)c1ccc(N(C)c2nc(OC3CCCCC3)ncc2C(F)(F)F)cc1. The van der Waals surface area contributed by atoms with Crippen LogP contribution in [0.4, 0.5) is 24.7 Å². The Morgan fingerprint density at radius 1 is 1.07 bits per heavy atom. The van der Waals surface area contributed by atoms with E-state index in [1.165, 1.54) is 4.90 Å². The molecule has 1 aliphatic carbocycles. The van der Waals surface area contributed by atoms with Crippen LogP contribution in [-0.4, -0.2) is 23.1 Å². The first-order valence-corrected chi connectivity index (χ1v) is 9.70. The fraction of sp³-hybridized carbons (Fsp3) is 0.524. The maximum Gasteiger partial charge on any atom is 0.421 e. The molecular formula is C21H26F3N3O. The first-order chi connectivity index (χ1) is 13.3. The highest BCUT2D eigenvalue weighted by molar-refractivity contribution is 5.63. The minimum atomic E-state index is -4.55. The number of nitrogens with zero attached hydrogens (tertiary/aromatic N) is 3. The van der Waals surface area contributed by atoms with Crippen molar-refractivity contribution >= 4 is 11.5 Å². The van der Waals surface area contributed by atoms with Gasteiger partial charge in [-0.05, 0) is 49.3 Å². The van der Waals surface area contributed by atoms with Gasteiger partial charge in [-0.2, -0.15) is 18.2 Å². The van der Waals surface area contributed by atoms with Gasteiger partial charge in [0.2, 0.25) is 0 Å². The summed E-state index contributed by atoms with van der Waals surface area (Å²) in [6, 6.07) is 7.45. The van der Waals surface area contributed by atoms with Crippen molar-refractivity contribution in [1.29, 1.82) is 0 Å². The van der Waals surface area contributed by atoms with E-state index in [0.29, 0.717) is 11.6 Å². The molecule has 1 fully saturated rings. The number of anilines is 2. The quantitative estimate of drug-likeness (QED) is 0.615. The predicted octanol–water partition coefficient (Wildman–Crippen LogP) is 6.10.